The van der Waals surface area contributed by atoms with Gasteiger partial charge in [-0.05, 0) is 57.9 Å². The number of alkyl carbamates (subject to hydrolysis) is 1. The van der Waals surface area contributed by atoms with Crippen molar-refractivity contribution in [1.29, 1.82) is 5.26 Å². The summed E-state index contributed by atoms with van der Waals surface area (Å²) in [6.45, 7) is 9.31. The second-order valence-corrected chi connectivity index (χ2v) is 11.0. The number of anilines is 3. The summed E-state index contributed by atoms with van der Waals surface area (Å²) in [6.07, 6.45) is 3.64. The molecule has 40 heavy (non-hydrogen) atoms. The number of nitriles is 1. The van der Waals surface area contributed by atoms with E-state index < -0.39 is 6.09 Å². The molecular weight excluding hydrogens is 512 g/mol. The van der Waals surface area contributed by atoms with Gasteiger partial charge in [-0.25, -0.2) is 19.6 Å². The maximum atomic E-state index is 12.5. The Hall–Kier alpha value is -4.27. The van der Waals surface area contributed by atoms with Crippen molar-refractivity contribution in [1.82, 2.24) is 25.1 Å². The molecule has 4 rings (SSSR count). The van der Waals surface area contributed by atoms with Crippen LogP contribution in [0, 0.1) is 11.3 Å². The first-order chi connectivity index (χ1) is 19.1. The van der Waals surface area contributed by atoms with Gasteiger partial charge in [-0.3, -0.25) is 0 Å². The zero-order valence-electron chi connectivity index (χ0n) is 23.6. The van der Waals surface area contributed by atoms with Crippen LogP contribution in [-0.2, 0) is 4.74 Å². The normalized spacial score (nSPS) is 17.4. The number of urea groups is 1. The van der Waals surface area contributed by atoms with Crippen molar-refractivity contribution >= 4 is 29.4 Å². The minimum Gasteiger partial charge on any atom is -0.493 e. The molecule has 2 fully saturated rings. The molecule has 0 saturated carbocycles. The van der Waals surface area contributed by atoms with Crippen molar-refractivity contribution in [3.05, 3.63) is 36.2 Å². The molecular formula is C28H38N8O4. The van der Waals surface area contributed by atoms with E-state index in [1.54, 1.807) is 11.1 Å². The van der Waals surface area contributed by atoms with Gasteiger partial charge in [-0.1, -0.05) is 0 Å². The minimum atomic E-state index is -0.443. The quantitative estimate of drug-likeness (QED) is 0.448. The first kappa shape index (κ1) is 28.7. The summed E-state index contributed by atoms with van der Waals surface area (Å²) in [7, 11) is 1.83. The van der Waals surface area contributed by atoms with E-state index >= 15 is 0 Å². The van der Waals surface area contributed by atoms with Crippen LogP contribution in [0.5, 0.6) is 5.75 Å². The first-order valence-corrected chi connectivity index (χ1v) is 13.6. The Morgan fingerprint density at radius 1 is 1.18 bits per heavy atom. The molecule has 2 saturated heterocycles. The van der Waals surface area contributed by atoms with E-state index in [0.717, 1.165) is 38.2 Å². The highest BCUT2D eigenvalue weighted by molar-refractivity contribution is 5.76. The summed E-state index contributed by atoms with van der Waals surface area (Å²) >= 11 is 0. The number of rotatable bonds is 9. The number of amides is 3. The topological polar surface area (TPSA) is 136 Å². The number of carbonyl (C=O) groups excluding carboxylic acids is 2. The molecule has 3 amide bonds. The number of ether oxygens (including phenoxy) is 2. The number of nitrogens with zero attached hydrogens (tertiary/aromatic N) is 6. The molecule has 2 N–H and O–H groups in total. The van der Waals surface area contributed by atoms with Gasteiger partial charge >= 0.3 is 12.1 Å². The molecule has 1 aromatic heterocycles. The molecule has 1 atom stereocenters. The summed E-state index contributed by atoms with van der Waals surface area (Å²) in [4.78, 5) is 39.1. The number of benzene rings is 1. The van der Waals surface area contributed by atoms with Crippen LogP contribution < -0.4 is 20.3 Å². The monoisotopic (exact) mass is 550 g/mol. The van der Waals surface area contributed by atoms with Gasteiger partial charge in [0.25, 0.3) is 0 Å². The highest BCUT2D eigenvalue weighted by Crippen LogP contribution is 2.26. The van der Waals surface area contributed by atoms with E-state index in [1.165, 1.54) is 0 Å². The second kappa shape index (κ2) is 12.7. The minimum absolute atomic E-state index is 0.0735. The van der Waals surface area contributed by atoms with Gasteiger partial charge in [0.05, 0.1) is 25.5 Å². The number of carbonyl (C=O) groups is 2. The third kappa shape index (κ3) is 7.65. The van der Waals surface area contributed by atoms with Crippen molar-refractivity contribution in [3.63, 3.8) is 0 Å². The fourth-order valence-electron chi connectivity index (χ4n) is 4.65. The van der Waals surface area contributed by atoms with E-state index in [-0.39, 0.29) is 29.9 Å². The SMILES string of the molecule is CN1CCN([C@@H]2CCCN(c3cnc(C#N)c(Nc4ccc(OCCCOC(=O)NC(C)(C)C)cc4)n3)C2)C1=O. The van der Waals surface area contributed by atoms with Crippen LogP contribution in [-0.4, -0.2) is 89.9 Å². The number of hydrogen-bond donors (Lipinski definition) is 2. The number of aromatic nitrogens is 2. The molecule has 12 nitrogen and oxygen atoms in total. The molecule has 12 heteroatoms. The summed E-state index contributed by atoms with van der Waals surface area (Å²) in [6, 6.07) is 9.61. The Labute approximate surface area is 235 Å². The molecule has 1 aromatic carbocycles. The van der Waals surface area contributed by atoms with E-state index in [2.05, 4.69) is 26.6 Å². The van der Waals surface area contributed by atoms with Gasteiger partial charge in [0, 0.05) is 50.9 Å². The molecule has 3 heterocycles. The fourth-order valence-corrected chi connectivity index (χ4v) is 4.65. The van der Waals surface area contributed by atoms with Gasteiger partial charge < -0.3 is 34.8 Å². The Morgan fingerprint density at radius 2 is 1.95 bits per heavy atom. The van der Waals surface area contributed by atoms with Crippen molar-refractivity contribution in [2.45, 2.75) is 51.6 Å². The third-order valence-electron chi connectivity index (χ3n) is 6.66. The number of piperidine rings is 1. The number of likely N-dealkylation sites (N-methyl/N-ethyl adjacent to an activating group) is 1. The lowest BCUT2D eigenvalue weighted by molar-refractivity contribution is 0.130. The van der Waals surface area contributed by atoms with Crippen LogP contribution in [0.15, 0.2) is 30.5 Å². The van der Waals surface area contributed by atoms with Crippen molar-refractivity contribution < 1.29 is 19.1 Å². The summed E-state index contributed by atoms with van der Waals surface area (Å²) in [5.41, 5.74) is 0.595. The van der Waals surface area contributed by atoms with Gasteiger partial charge in [0.15, 0.2) is 11.5 Å². The smallest absolute Gasteiger partial charge is 0.407 e. The molecule has 2 aliphatic rings. The lowest BCUT2D eigenvalue weighted by Gasteiger charge is -2.37. The lowest BCUT2D eigenvalue weighted by atomic mass is 10.0. The van der Waals surface area contributed by atoms with Gasteiger partial charge in [0.1, 0.15) is 17.6 Å². The molecule has 0 radical (unpaired) electrons. The van der Waals surface area contributed by atoms with E-state index in [9.17, 15) is 14.9 Å². The van der Waals surface area contributed by atoms with E-state index in [0.29, 0.717) is 37.0 Å². The fraction of sp³-hybridized carbons (Fsp3) is 0.536. The lowest BCUT2D eigenvalue weighted by Crippen LogP contribution is -2.49. The molecule has 0 aliphatic carbocycles. The van der Waals surface area contributed by atoms with Crippen LogP contribution >= 0.6 is 0 Å². The standard InChI is InChI=1S/C28H38N8O4/c1-28(2,3)33-26(37)40-16-6-15-39-22-10-8-20(9-11-22)31-25-23(17-29)30-18-24(32-25)35-12-5-7-21(19-35)36-14-13-34(4)27(36)38/h8-11,18,21H,5-7,12-16,19H2,1-4H3,(H,31,32)(H,33,37)/t21-/m1/s1. The van der Waals surface area contributed by atoms with Crippen LogP contribution in [0.2, 0.25) is 0 Å². The Kier molecular flexibility index (Phi) is 9.14. The zero-order chi connectivity index (χ0) is 28.7. The summed E-state index contributed by atoms with van der Waals surface area (Å²) < 4.78 is 10.9. The Bertz CT molecular complexity index is 1220. The molecule has 0 spiro atoms. The molecule has 0 unspecified atom stereocenters. The van der Waals surface area contributed by atoms with Gasteiger partial charge in [-0.2, -0.15) is 5.26 Å². The number of nitrogens with one attached hydrogen (secondary N) is 2. The molecule has 214 valence electrons. The molecule has 2 aliphatic heterocycles. The van der Waals surface area contributed by atoms with Crippen molar-refractivity contribution in [3.8, 4) is 11.8 Å². The van der Waals surface area contributed by atoms with E-state index in [4.69, 9.17) is 14.5 Å². The predicted molar refractivity (Wildman–Crippen MR) is 151 cm³/mol. The first-order valence-electron chi connectivity index (χ1n) is 13.6. The van der Waals surface area contributed by atoms with Gasteiger partial charge in [0.2, 0.25) is 0 Å². The maximum Gasteiger partial charge on any atom is 0.407 e. The van der Waals surface area contributed by atoms with Crippen LogP contribution in [0.3, 0.4) is 0 Å². The largest absolute Gasteiger partial charge is 0.493 e. The van der Waals surface area contributed by atoms with Crippen LogP contribution in [0.4, 0.5) is 26.9 Å². The van der Waals surface area contributed by atoms with E-state index in [1.807, 2.05) is 57.0 Å². The average Bonchev–Trinajstić information content (AvgIpc) is 3.26. The van der Waals surface area contributed by atoms with Gasteiger partial charge in [-0.15, -0.1) is 0 Å². The second-order valence-electron chi connectivity index (χ2n) is 11.0. The third-order valence-corrected chi connectivity index (χ3v) is 6.66. The Balaban J connectivity index is 1.31. The van der Waals surface area contributed by atoms with Crippen molar-refractivity contribution in [2.24, 2.45) is 0 Å². The highest BCUT2D eigenvalue weighted by Gasteiger charge is 2.34. The van der Waals surface area contributed by atoms with Crippen LogP contribution in [0.1, 0.15) is 45.7 Å². The average molecular weight is 551 g/mol. The molecule has 2 aromatic rings. The summed E-state index contributed by atoms with van der Waals surface area (Å²) in [5.74, 6) is 1.72. The predicted octanol–water partition coefficient (Wildman–Crippen LogP) is 3.72. The van der Waals surface area contributed by atoms with Crippen molar-refractivity contribution in [2.75, 3.05) is 56.7 Å². The number of hydrogen-bond acceptors (Lipinski definition) is 9. The maximum absolute atomic E-state index is 12.5. The summed E-state index contributed by atoms with van der Waals surface area (Å²) in [5, 5.41) is 15.5. The zero-order valence-corrected chi connectivity index (χ0v) is 23.6. The Morgan fingerprint density at radius 3 is 2.62 bits per heavy atom. The molecule has 0 bridgehead atoms. The highest BCUT2D eigenvalue weighted by atomic mass is 16.5. The van der Waals surface area contributed by atoms with Crippen LogP contribution in [0.25, 0.3) is 0 Å².